The van der Waals surface area contributed by atoms with Crippen LogP contribution in [0.4, 0.5) is 0 Å². The second-order valence-corrected chi connectivity index (χ2v) is 11.6. The molecule has 168 valence electrons. The predicted octanol–water partition coefficient (Wildman–Crippen LogP) is 1.33. The zero-order chi connectivity index (χ0) is 22.0. The van der Waals surface area contributed by atoms with Gasteiger partial charge in [-0.1, -0.05) is 12.8 Å². The molecule has 0 bridgehead atoms. The van der Waals surface area contributed by atoms with E-state index in [9.17, 15) is 22.8 Å². The van der Waals surface area contributed by atoms with Crippen LogP contribution in [0.15, 0.2) is 11.2 Å². The maximum atomic E-state index is 12.5. The fourth-order valence-corrected chi connectivity index (χ4v) is 7.03. The molecule has 1 aromatic rings. The molecule has 0 spiro atoms. The summed E-state index contributed by atoms with van der Waals surface area (Å²) in [6.45, 7) is 0. The molecule has 2 aliphatic heterocycles. The van der Waals surface area contributed by atoms with Crippen LogP contribution >= 0.6 is 11.3 Å². The van der Waals surface area contributed by atoms with Crippen LogP contribution in [0.5, 0.6) is 0 Å². The Morgan fingerprint density at radius 2 is 1.77 bits per heavy atom. The maximum absolute atomic E-state index is 12.5. The number of sulfone groups is 1. The van der Waals surface area contributed by atoms with Gasteiger partial charge in [0.15, 0.2) is 9.84 Å². The van der Waals surface area contributed by atoms with Crippen molar-refractivity contribution in [3.63, 3.8) is 0 Å². The van der Waals surface area contributed by atoms with Crippen molar-refractivity contribution < 1.29 is 22.8 Å². The van der Waals surface area contributed by atoms with Gasteiger partial charge in [0.2, 0.25) is 5.91 Å². The standard InChI is InChI=1S/C20H26N4O5S2/c25-18-8-7-15(23-24(18)14-9-10-31(28,29)12-14)19(26)21-22-20(27)17-11-13-5-3-1-2-4-6-16(13)30-17/h11,14H,1-10,12H2,(H,21,26)(H,22,27). The number of nitrogens with zero attached hydrogens (tertiary/aromatic N) is 2. The summed E-state index contributed by atoms with van der Waals surface area (Å²) in [4.78, 5) is 39.0. The number of hydrogen-bond acceptors (Lipinski definition) is 7. The van der Waals surface area contributed by atoms with Crippen LogP contribution < -0.4 is 10.9 Å². The lowest BCUT2D eigenvalue weighted by Gasteiger charge is -2.27. The first kappa shape index (κ1) is 21.9. The average molecular weight is 467 g/mol. The van der Waals surface area contributed by atoms with Crippen LogP contribution in [-0.4, -0.2) is 54.4 Å². The third-order valence-electron chi connectivity index (χ3n) is 5.89. The Hall–Kier alpha value is -2.27. The third-order valence-corrected chi connectivity index (χ3v) is 8.87. The summed E-state index contributed by atoms with van der Waals surface area (Å²) in [6.07, 6.45) is 7.16. The monoisotopic (exact) mass is 466 g/mol. The Kier molecular flexibility index (Phi) is 6.42. The summed E-state index contributed by atoms with van der Waals surface area (Å²) in [5.41, 5.74) is 6.14. The molecule has 4 rings (SSSR count). The van der Waals surface area contributed by atoms with E-state index in [-0.39, 0.29) is 41.9 Å². The van der Waals surface area contributed by atoms with E-state index in [1.54, 1.807) is 0 Å². The van der Waals surface area contributed by atoms with Crippen molar-refractivity contribution in [1.29, 1.82) is 0 Å². The molecule has 2 N–H and O–H groups in total. The highest BCUT2D eigenvalue weighted by atomic mass is 32.2. The average Bonchev–Trinajstić information content (AvgIpc) is 3.28. The maximum Gasteiger partial charge on any atom is 0.285 e. The topological polar surface area (TPSA) is 125 Å². The van der Waals surface area contributed by atoms with Gasteiger partial charge in [-0.05, 0) is 43.7 Å². The lowest BCUT2D eigenvalue weighted by molar-refractivity contribution is -0.133. The summed E-state index contributed by atoms with van der Waals surface area (Å²) in [5, 5.41) is 5.24. The molecule has 3 aliphatic rings. The minimum Gasteiger partial charge on any atom is -0.273 e. The highest BCUT2D eigenvalue weighted by Crippen LogP contribution is 2.28. The largest absolute Gasteiger partial charge is 0.285 e. The van der Waals surface area contributed by atoms with Crippen molar-refractivity contribution in [3.05, 3.63) is 21.4 Å². The molecule has 3 heterocycles. The van der Waals surface area contributed by atoms with Gasteiger partial charge in [-0.3, -0.25) is 25.2 Å². The second-order valence-electron chi connectivity index (χ2n) is 8.22. The Balaban J connectivity index is 1.38. The number of hydrogen-bond donors (Lipinski definition) is 2. The van der Waals surface area contributed by atoms with Crippen molar-refractivity contribution in [2.45, 2.75) is 63.8 Å². The Bertz CT molecular complexity index is 1000. The number of hydrazine groups is 1. The van der Waals surface area contributed by atoms with E-state index in [0.717, 1.165) is 30.7 Å². The molecule has 1 unspecified atom stereocenters. The number of thiophene rings is 1. The second kappa shape index (κ2) is 9.07. The molecule has 31 heavy (non-hydrogen) atoms. The molecule has 0 radical (unpaired) electrons. The molecular formula is C20H26N4O5S2. The van der Waals surface area contributed by atoms with Crippen molar-refractivity contribution in [2.24, 2.45) is 5.10 Å². The van der Waals surface area contributed by atoms with E-state index >= 15 is 0 Å². The van der Waals surface area contributed by atoms with Gasteiger partial charge >= 0.3 is 0 Å². The lowest BCUT2D eigenvalue weighted by Crippen LogP contribution is -2.48. The summed E-state index contributed by atoms with van der Waals surface area (Å²) in [5.74, 6) is -1.40. The molecule has 3 amide bonds. The fourth-order valence-electron chi connectivity index (χ4n) is 4.19. The van der Waals surface area contributed by atoms with Gasteiger partial charge in [0.1, 0.15) is 5.71 Å². The van der Waals surface area contributed by atoms with Gasteiger partial charge < -0.3 is 0 Å². The third kappa shape index (κ3) is 5.15. The highest BCUT2D eigenvalue weighted by Gasteiger charge is 2.37. The molecule has 1 fully saturated rings. The minimum absolute atomic E-state index is 0.0132. The minimum atomic E-state index is -3.18. The van der Waals surface area contributed by atoms with E-state index in [1.807, 2.05) is 6.07 Å². The molecular weight excluding hydrogens is 440 g/mol. The van der Waals surface area contributed by atoms with Crippen LogP contribution in [0.25, 0.3) is 0 Å². The van der Waals surface area contributed by atoms with E-state index < -0.39 is 21.8 Å². The first-order valence-corrected chi connectivity index (χ1v) is 13.3. The zero-order valence-electron chi connectivity index (χ0n) is 17.2. The normalized spacial score (nSPS) is 23.4. The fraction of sp³-hybridized carbons (Fsp3) is 0.600. The number of carbonyl (C=O) groups excluding carboxylic acids is 3. The molecule has 9 nitrogen and oxygen atoms in total. The van der Waals surface area contributed by atoms with Gasteiger partial charge in [0, 0.05) is 17.7 Å². The Morgan fingerprint density at radius 3 is 2.52 bits per heavy atom. The first-order valence-electron chi connectivity index (χ1n) is 10.6. The number of hydrazone groups is 1. The number of carbonyl (C=O) groups is 3. The predicted molar refractivity (Wildman–Crippen MR) is 116 cm³/mol. The van der Waals surface area contributed by atoms with E-state index in [4.69, 9.17) is 0 Å². The van der Waals surface area contributed by atoms with Crippen molar-refractivity contribution in [1.82, 2.24) is 15.9 Å². The van der Waals surface area contributed by atoms with Crippen LogP contribution in [0, 0.1) is 0 Å². The molecule has 1 aliphatic carbocycles. The number of aryl methyl sites for hydroxylation is 2. The van der Waals surface area contributed by atoms with Gasteiger partial charge in [0.05, 0.1) is 22.4 Å². The van der Waals surface area contributed by atoms with Gasteiger partial charge in [-0.2, -0.15) is 5.10 Å². The van der Waals surface area contributed by atoms with Crippen molar-refractivity contribution in [2.75, 3.05) is 11.5 Å². The number of amides is 3. The van der Waals surface area contributed by atoms with Crippen LogP contribution in [0.2, 0.25) is 0 Å². The quantitative estimate of drug-likeness (QED) is 0.650. The summed E-state index contributed by atoms with van der Waals surface area (Å²) in [7, 11) is -3.18. The molecule has 1 aromatic heterocycles. The van der Waals surface area contributed by atoms with Crippen LogP contribution in [0.3, 0.4) is 0 Å². The Labute approximate surface area is 185 Å². The number of nitrogens with one attached hydrogen (secondary N) is 2. The zero-order valence-corrected chi connectivity index (χ0v) is 18.8. The van der Waals surface area contributed by atoms with Crippen LogP contribution in [-0.2, 0) is 32.3 Å². The van der Waals surface area contributed by atoms with Gasteiger partial charge in [0.25, 0.3) is 11.8 Å². The smallest absolute Gasteiger partial charge is 0.273 e. The van der Waals surface area contributed by atoms with E-state index in [2.05, 4.69) is 16.0 Å². The molecule has 1 atom stereocenters. The molecule has 11 heteroatoms. The SMILES string of the molecule is O=C(NNC(=O)c1cc2c(s1)CCCCCC2)C1=NN(C2CCS(=O)(=O)C2)C(=O)CC1. The summed E-state index contributed by atoms with van der Waals surface area (Å²) >= 11 is 1.47. The van der Waals surface area contributed by atoms with Crippen LogP contribution in [0.1, 0.15) is 65.1 Å². The molecule has 1 saturated heterocycles. The number of fused-ring (bicyclic) bond motifs is 1. The summed E-state index contributed by atoms with van der Waals surface area (Å²) in [6, 6.07) is 1.37. The van der Waals surface area contributed by atoms with Crippen molar-refractivity contribution in [3.8, 4) is 0 Å². The molecule has 0 saturated carbocycles. The summed E-state index contributed by atoms with van der Waals surface area (Å²) < 4.78 is 23.4. The Morgan fingerprint density at radius 1 is 1.03 bits per heavy atom. The lowest BCUT2D eigenvalue weighted by atomic mass is 10.00. The highest BCUT2D eigenvalue weighted by molar-refractivity contribution is 7.91. The van der Waals surface area contributed by atoms with Gasteiger partial charge in [-0.25, -0.2) is 13.4 Å². The van der Waals surface area contributed by atoms with Crippen molar-refractivity contribution >= 4 is 44.6 Å². The van der Waals surface area contributed by atoms with Gasteiger partial charge in [-0.15, -0.1) is 11.3 Å². The number of rotatable bonds is 3. The first-order chi connectivity index (χ1) is 14.8. The molecule has 0 aromatic carbocycles. The van der Waals surface area contributed by atoms with E-state index in [0.29, 0.717) is 11.3 Å². The van der Waals surface area contributed by atoms with E-state index in [1.165, 1.54) is 34.6 Å².